The summed E-state index contributed by atoms with van der Waals surface area (Å²) in [6, 6.07) is 7.74. The predicted octanol–water partition coefficient (Wildman–Crippen LogP) is 1.52. The summed E-state index contributed by atoms with van der Waals surface area (Å²) in [4.78, 5) is 15.4. The third kappa shape index (κ3) is 1.87. The van der Waals surface area contributed by atoms with Crippen molar-refractivity contribution in [1.29, 1.82) is 0 Å². The Hall–Kier alpha value is -2.63. The van der Waals surface area contributed by atoms with Crippen molar-refractivity contribution < 1.29 is 9.90 Å². The second-order valence-corrected chi connectivity index (χ2v) is 4.29. The van der Waals surface area contributed by atoms with E-state index in [2.05, 4.69) is 10.1 Å². The Labute approximate surface area is 108 Å². The van der Waals surface area contributed by atoms with Gasteiger partial charge in [0.25, 0.3) is 0 Å². The summed E-state index contributed by atoms with van der Waals surface area (Å²) in [6.45, 7) is 0.429. The summed E-state index contributed by atoms with van der Waals surface area (Å²) in [5.74, 6) is -0.965. The molecular formula is C13H12N4O2. The number of nitrogens with zero attached hydrogens (tertiary/aromatic N) is 4. The van der Waals surface area contributed by atoms with E-state index >= 15 is 0 Å². The number of aromatic carboxylic acids is 1. The van der Waals surface area contributed by atoms with Gasteiger partial charge in [0, 0.05) is 7.05 Å². The van der Waals surface area contributed by atoms with E-state index in [-0.39, 0.29) is 5.56 Å². The topological polar surface area (TPSA) is 72.9 Å². The number of hydrogen-bond donors (Lipinski definition) is 1. The Kier molecular flexibility index (Phi) is 2.56. The Bertz CT molecular complexity index is 757. The van der Waals surface area contributed by atoms with Gasteiger partial charge < -0.3 is 9.67 Å². The maximum atomic E-state index is 11.1. The first-order valence-corrected chi connectivity index (χ1v) is 5.81. The molecule has 0 amide bonds. The lowest BCUT2D eigenvalue weighted by Crippen LogP contribution is -2.09. The average Bonchev–Trinajstić information content (AvgIpc) is 2.96. The number of aryl methyl sites for hydroxylation is 1. The molecule has 2 aromatic heterocycles. The summed E-state index contributed by atoms with van der Waals surface area (Å²) in [7, 11) is 1.74. The number of carboxylic acids is 1. The molecule has 3 aromatic rings. The summed E-state index contributed by atoms with van der Waals surface area (Å²) in [6.07, 6.45) is 3.08. The van der Waals surface area contributed by atoms with Crippen LogP contribution in [-0.2, 0) is 13.6 Å². The van der Waals surface area contributed by atoms with Gasteiger partial charge in [-0.2, -0.15) is 5.10 Å². The first-order valence-electron chi connectivity index (χ1n) is 5.81. The fraction of sp³-hybridized carbons (Fsp3) is 0.154. The van der Waals surface area contributed by atoms with Crippen molar-refractivity contribution in [3.8, 4) is 0 Å². The maximum Gasteiger partial charge on any atom is 0.339 e. The minimum Gasteiger partial charge on any atom is -0.478 e. The Balaban J connectivity index is 2.06. The van der Waals surface area contributed by atoms with E-state index in [1.54, 1.807) is 18.1 Å². The fourth-order valence-corrected chi connectivity index (χ4v) is 2.13. The van der Waals surface area contributed by atoms with Crippen LogP contribution >= 0.6 is 0 Å². The number of aromatic nitrogens is 4. The summed E-state index contributed by atoms with van der Waals surface area (Å²) < 4.78 is 3.50. The molecule has 1 aromatic carbocycles. The number of fused-ring (bicyclic) bond motifs is 1. The number of imidazole rings is 1. The van der Waals surface area contributed by atoms with Gasteiger partial charge in [0.05, 0.1) is 35.8 Å². The molecule has 0 aliphatic carbocycles. The molecule has 0 spiro atoms. The normalized spacial score (nSPS) is 11.0. The van der Waals surface area contributed by atoms with Crippen molar-refractivity contribution in [3.63, 3.8) is 0 Å². The van der Waals surface area contributed by atoms with Crippen LogP contribution in [0.2, 0.25) is 0 Å². The monoisotopic (exact) mass is 256 g/mol. The van der Waals surface area contributed by atoms with Gasteiger partial charge in [-0.1, -0.05) is 12.1 Å². The lowest BCUT2D eigenvalue weighted by atomic mass is 10.2. The third-order valence-corrected chi connectivity index (χ3v) is 3.14. The smallest absolute Gasteiger partial charge is 0.339 e. The molecule has 96 valence electrons. The highest BCUT2D eigenvalue weighted by atomic mass is 16.4. The van der Waals surface area contributed by atoms with Crippen LogP contribution in [0.4, 0.5) is 0 Å². The molecule has 0 atom stereocenters. The average molecular weight is 256 g/mol. The zero-order valence-corrected chi connectivity index (χ0v) is 10.3. The highest BCUT2D eigenvalue weighted by Crippen LogP contribution is 2.16. The lowest BCUT2D eigenvalue weighted by molar-refractivity contribution is 0.0695. The van der Waals surface area contributed by atoms with Crippen LogP contribution < -0.4 is 0 Å². The minimum atomic E-state index is -0.965. The van der Waals surface area contributed by atoms with Crippen LogP contribution in [0.3, 0.4) is 0 Å². The first-order chi connectivity index (χ1) is 9.16. The summed E-state index contributed by atoms with van der Waals surface area (Å²) in [5.41, 5.74) is 2.73. The van der Waals surface area contributed by atoms with E-state index in [1.165, 1.54) is 6.20 Å². The SMILES string of the molecule is Cn1ncc(C(=O)O)c1Cn1cnc2ccccc21. The van der Waals surface area contributed by atoms with Gasteiger partial charge in [-0.15, -0.1) is 0 Å². The molecule has 0 aliphatic rings. The van der Waals surface area contributed by atoms with Crippen molar-refractivity contribution in [2.45, 2.75) is 6.54 Å². The van der Waals surface area contributed by atoms with Crippen molar-refractivity contribution in [3.05, 3.63) is 48.0 Å². The summed E-state index contributed by atoms with van der Waals surface area (Å²) >= 11 is 0. The Morgan fingerprint density at radius 2 is 2.16 bits per heavy atom. The standard InChI is InChI=1S/C13H12N4O2/c1-16-12(9(6-15-16)13(18)19)7-17-8-14-10-4-2-3-5-11(10)17/h2-6,8H,7H2,1H3,(H,18,19). The molecular weight excluding hydrogens is 244 g/mol. The first kappa shape index (κ1) is 11.5. The van der Waals surface area contributed by atoms with Crippen molar-refractivity contribution in [1.82, 2.24) is 19.3 Å². The molecule has 3 rings (SSSR count). The Morgan fingerprint density at radius 1 is 1.37 bits per heavy atom. The van der Waals surface area contributed by atoms with E-state index in [9.17, 15) is 4.79 Å². The predicted molar refractivity (Wildman–Crippen MR) is 69.0 cm³/mol. The minimum absolute atomic E-state index is 0.222. The Morgan fingerprint density at radius 3 is 2.95 bits per heavy atom. The largest absolute Gasteiger partial charge is 0.478 e. The van der Waals surface area contributed by atoms with E-state index in [0.717, 1.165) is 11.0 Å². The van der Waals surface area contributed by atoms with Gasteiger partial charge in [0.2, 0.25) is 0 Å². The molecule has 0 aliphatic heterocycles. The quantitative estimate of drug-likeness (QED) is 0.771. The molecule has 19 heavy (non-hydrogen) atoms. The molecule has 0 saturated carbocycles. The van der Waals surface area contributed by atoms with Crippen LogP contribution in [0.1, 0.15) is 16.1 Å². The summed E-state index contributed by atoms with van der Waals surface area (Å²) in [5, 5.41) is 13.1. The number of hydrogen-bond acceptors (Lipinski definition) is 3. The van der Waals surface area contributed by atoms with Gasteiger partial charge >= 0.3 is 5.97 Å². The van der Waals surface area contributed by atoms with Gasteiger partial charge in [-0.3, -0.25) is 4.68 Å². The van der Waals surface area contributed by atoms with Crippen LogP contribution in [0.15, 0.2) is 36.8 Å². The molecule has 0 saturated heterocycles. The third-order valence-electron chi connectivity index (χ3n) is 3.14. The van der Waals surface area contributed by atoms with Gasteiger partial charge in [-0.05, 0) is 12.1 Å². The number of rotatable bonds is 3. The molecule has 0 fully saturated rings. The van der Waals surface area contributed by atoms with Crippen LogP contribution in [-0.4, -0.2) is 30.4 Å². The second-order valence-electron chi connectivity index (χ2n) is 4.29. The molecule has 2 heterocycles. The number of carboxylic acid groups (broad SMARTS) is 1. The second kappa shape index (κ2) is 4.24. The number of carbonyl (C=O) groups is 1. The highest BCUT2D eigenvalue weighted by molar-refractivity contribution is 5.88. The number of para-hydroxylation sites is 2. The van der Waals surface area contributed by atoms with Crippen LogP contribution in [0, 0.1) is 0 Å². The van der Waals surface area contributed by atoms with Crippen molar-refractivity contribution >= 4 is 17.0 Å². The molecule has 0 bridgehead atoms. The molecule has 0 radical (unpaired) electrons. The van der Waals surface area contributed by atoms with E-state index in [1.807, 2.05) is 28.8 Å². The molecule has 0 unspecified atom stereocenters. The molecule has 6 heteroatoms. The zero-order chi connectivity index (χ0) is 13.4. The van der Waals surface area contributed by atoms with Crippen molar-refractivity contribution in [2.75, 3.05) is 0 Å². The van der Waals surface area contributed by atoms with Gasteiger partial charge in [0.15, 0.2) is 0 Å². The van der Waals surface area contributed by atoms with Gasteiger partial charge in [-0.25, -0.2) is 9.78 Å². The molecule has 1 N–H and O–H groups in total. The van der Waals surface area contributed by atoms with E-state index in [0.29, 0.717) is 12.2 Å². The maximum absolute atomic E-state index is 11.1. The van der Waals surface area contributed by atoms with Crippen LogP contribution in [0.25, 0.3) is 11.0 Å². The van der Waals surface area contributed by atoms with E-state index in [4.69, 9.17) is 5.11 Å². The van der Waals surface area contributed by atoms with Gasteiger partial charge in [0.1, 0.15) is 5.56 Å². The zero-order valence-electron chi connectivity index (χ0n) is 10.3. The van der Waals surface area contributed by atoms with Crippen LogP contribution in [0.5, 0.6) is 0 Å². The van der Waals surface area contributed by atoms with E-state index < -0.39 is 5.97 Å². The lowest BCUT2D eigenvalue weighted by Gasteiger charge is -2.06. The molecule has 6 nitrogen and oxygen atoms in total. The number of benzene rings is 1. The fourth-order valence-electron chi connectivity index (χ4n) is 2.13. The van der Waals surface area contributed by atoms with Crippen molar-refractivity contribution in [2.24, 2.45) is 7.05 Å². The highest BCUT2D eigenvalue weighted by Gasteiger charge is 2.16.